The first kappa shape index (κ1) is 20.5. The van der Waals surface area contributed by atoms with Crippen molar-refractivity contribution in [2.45, 2.75) is 13.0 Å². The summed E-state index contributed by atoms with van der Waals surface area (Å²) >= 11 is 6.17. The second kappa shape index (κ2) is 7.81. The summed E-state index contributed by atoms with van der Waals surface area (Å²) in [6.07, 6.45) is 0. The van der Waals surface area contributed by atoms with Crippen molar-refractivity contribution in [3.05, 3.63) is 76.0 Å². The number of rotatable bonds is 4. The molecule has 2 N–H and O–H groups in total. The highest BCUT2D eigenvalue weighted by molar-refractivity contribution is 6.51. The van der Waals surface area contributed by atoms with E-state index in [4.69, 9.17) is 20.9 Å². The number of halogens is 1. The number of aryl methyl sites for hydroxylation is 1. The Balaban J connectivity index is 1.94. The van der Waals surface area contributed by atoms with Gasteiger partial charge in [0.2, 0.25) is 0 Å². The number of nitrogens with zero attached hydrogens (tertiary/aromatic N) is 2. The van der Waals surface area contributed by atoms with E-state index in [0.29, 0.717) is 17.1 Å². The van der Waals surface area contributed by atoms with E-state index in [-0.39, 0.29) is 27.7 Å². The summed E-state index contributed by atoms with van der Waals surface area (Å²) in [4.78, 5) is 27.1. The van der Waals surface area contributed by atoms with Crippen LogP contribution in [0.5, 0.6) is 11.5 Å². The number of hydrogen-bond acceptors (Lipinski definition) is 7. The molecular weight excluding hydrogens is 424 g/mol. The predicted molar refractivity (Wildman–Crippen MR) is 112 cm³/mol. The summed E-state index contributed by atoms with van der Waals surface area (Å²) in [7, 11) is 1.45. The number of aliphatic hydroxyl groups excluding tert-OH is 1. The highest BCUT2D eigenvalue weighted by Gasteiger charge is 2.48. The molecule has 1 aromatic heterocycles. The third-order valence-electron chi connectivity index (χ3n) is 4.92. The first-order chi connectivity index (χ1) is 14.8. The van der Waals surface area contributed by atoms with Gasteiger partial charge in [-0.3, -0.25) is 14.5 Å². The van der Waals surface area contributed by atoms with E-state index in [1.807, 2.05) is 0 Å². The van der Waals surface area contributed by atoms with Gasteiger partial charge in [-0.05, 0) is 42.8 Å². The second-order valence-electron chi connectivity index (χ2n) is 6.91. The molecule has 2 aromatic carbocycles. The van der Waals surface area contributed by atoms with E-state index < -0.39 is 23.5 Å². The molecule has 9 heteroatoms. The molecule has 3 aromatic rings. The van der Waals surface area contributed by atoms with Gasteiger partial charge >= 0.3 is 5.91 Å². The zero-order valence-electron chi connectivity index (χ0n) is 16.5. The van der Waals surface area contributed by atoms with Gasteiger partial charge in [-0.1, -0.05) is 28.9 Å². The first-order valence-corrected chi connectivity index (χ1v) is 9.56. The molecule has 158 valence electrons. The maximum atomic E-state index is 13.0. The quantitative estimate of drug-likeness (QED) is 0.358. The van der Waals surface area contributed by atoms with Crippen LogP contribution in [-0.4, -0.2) is 34.2 Å². The lowest BCUT2D eigenvalue weighted by atomic mass is 9.95. The minimum absolute atomic E-state index is 0.0630. The largest absolute Gasteiger partial charge is 0.508 e. The van der Waals surface area contributed by atoms with Gasteiger partial charge in [-0.2, -0.15) is 0 Å². The average Bonchev–Trinajstić information content (AvgIpc) is 3.28. The van der Waals surface area contributed by atoms with Crippen molar-refractivity contribution < 1.29 is 29.1 Å². The zero-order valence-corrected chi connectivity index (χ0v) is 17.3. The summed E-state index contributed by atoms with van der Waals surface area (Å²) in [5.74, 6) is -1.33. The Morgan fingerprint density at radius 3 is 2.58 bits per heavy atom. The Morgan fingerprint density at radius 1 is 1.19 bits per heavy atom. The average molecular weight is 441 g/mol. The number of anilines is 1. The number of amides is 1. The minimum Gasteiger partial charge on any atom is -0.508 e. The molecule has 1 fully saturated rings. The van der Waals surface area contributed by atoms with Gasteiger partial charge in [-0.25, -0.2) is 0 Å². The normalized spacial score (nSPS) is 17.9. The third kappa shape index (κ3) is 3.51. The molecule has 8 nitrogen and oxygen atoms in total. The summed E-state index contributed by atoms with van der Waals surface area (Å²) in [5, 5.41) is 25.1. The van der Waals surface area contributed by atoms with Crippen molar-refractivity contribution in [3.63, 3.8) is 0 Å². The molecule has 4 rings (SSSR count). The second-order valence-corrected chi connectivity index (χ2v) is 7.32. The van der Waals surface area contributed by atoms with Crippen LogP contribution in [0, 0.1) is 6.92 Å². The molecular formula is C22H17ClN2O6. The van der Waals surface area contributed by atoms with Gasteiger partial charge in [0.1, 0.15) is 23.0 Å². The fourth-order valence-corrected chi connectivity index (χ4v) is 3.77. The molecule has 31 heavy (non-hydrogen) atoms. The maximum Gasteiger partial charge on any atom is 0.301 e. The van der Waals surface area contributed by atoms with Gasteiger partial charge in [0, 0.05) is 11.6 Å². The summed E-state index contributed by atoms with van der Waals surface area (Å²) < 4.78 is 10.2. The van der Waals surface area contributed by atoms with Gasteiger partial charge in [0.15, 0.2) is 5.82 Å². The molecule has 1 aliphatic rings. The molecule has 0 unspecified atom stereocenters. The molecule has 1 saturated heterocycles. The smallest absolute Gasteiger partial charge is 0.301 e. The SMILES string of the molecule is COc1ccc(C(O)=C2C(=O)C(=O)N(c3cc(C)on3)[C@@H]2c2cccc(O)c2)cc1Cl. The summed E-state index contributed by atoms with van der Waals surface area (Å²) in [6, 6.07) is 11.0. The monoisotopic (exact) mass is 440 g/mol. The number of aliphatic hydroxyl groups is 1. The summed E-state index contributed by atoms with van der Waals surface area (Å²) in [5.41, 5.74) is 0.462. The topological polar surface area (TPSA) is 113 Å². The Labute approximate surface area is 181 Å². The number of carbonyl (C=O) groups is 2. The fourth-order valence-electron chi connectivity index (χ4n) is 3.52. The highest BCUT2D eigenvalue weighted by atomic mass is 35.5. The van der Waals surface area contributed by atoms with Gasteiger partial charge in [0.05, 0.1) is 23.7 Å². The Morgan fingerprint density at radius 2 is 1.97 bits per heavy atom. The van der Waals surface area contributed by atoms with E-state index in [1.165, 1.54) is 43.5 Å². The van der Waals surface area contributed by atoms with E-state index >= 15 is 0 Å². The molecule has 0 radical (unpaired) electrons. The number of Topliss-reactive ketones (excluding diaryl/α,β-unsaturated/α-hetero) is 1. The number of phenols is 1. The number of ether oxygens (including phenoxy) is 1. The van der Waals surface area contributed by atoms with Crippen molar-refractivity contribution in [2.75, 3.05) is 12.0 Å². The molecule has 1 aliphatic heterocycles. The van der Waals surface area contributed by atoms with Gasteiger partial charge < -0.3 is 19.5 Å². The van der Waals surface area contributed by atoms with Crippen molar-refractivity contribution in [1.82, 2.24) is 5.16 Å². The van der Waals surface area contributed by atoms with E-state index in [2.05, 4.69) is 5.16 Å². The maximum absolute atomic E-state index is 13.0. The molecule has 1 atom stereocenters. The van der Waals surface area contributed by atoms with Crippen molar-refractivity contribution in [1.29, 1.82) is 0 Å². The molecule has 0 saturated carbocycles. The lowest BCUT2D eigenvalue weighted by Gasteiger charge is -2.23. The fraction of sp³-hybridized carbons (Fsp3) is 0.136. The molecule has 0 aliphatic carbocycles. The van der Waals surface area contributed by atoms with Gasteiger partial charge in [0.25, 0.3) is 5.78 Å². The van der Waals surface area contributed by atoms with Crippen LogP contribution in [0.4, 0.5) is 5.82 Å². The van der Waals surface area contributed by atoms with E-state index in [1.54, 1.807) is 19.1 Å². The number of carbonyl (C=O) groups excluding carboxylic acids is 2. The van der Waals surface area contributed by atoms with Crippen LogP contribution in [0.25, 0.3) is 5.76 Å². The number of phenolic OH excluding ortho intramolecular Hbond substituents is 1. The van der Waals surface area contributed by atoms with Crippen molar-refractivity contribution in [2.24, 2.45) is 0 Å². The number of ketones is 1. The third-order valence-corrected chi connectivity index (χ3v) is 5.21. The van der Waals surface area contributed by atoms with Crippen molar-refractivity contribution >= 4 is 34.9 Å². The van der Waals surface area contributed by atoms with Crippen LogP contribution in [0.1, 0.15) is 22.9 Å². The zero-order chi connectivity index (χ0) is 22.3. The van der Waals surface area contributed by atoms with Crippen LogP contribution in [0.3, 0.4) is 0 Å². The van der Waals surface area contributed by atoms with E-state index in [0.717, 1.165) is 4.90 Å². The number of hydrogen-bond donors (Lipinski definition) is 2. The molecule has 0 spiro atoms. The Hall–Kier alpha value is -3.78. The predicted octanol–water partition coefficient (Wildman–Crippen LogP) is 3.98. The standard InChI is InChI=1S/C22H17ClN2O6/c1-11-8-17(24-31-11)25-19(12-4-3-5-14(26)9-12)18(21(28)22(25)29)20(27)13-6-7-16(30-2)15(23)10-13/h3-10,19,26-27H,1-2H3/t19-/m1/s1. The van der Waals surface area contributed by atoms with Crippen molar-refractivity contribution in [3.8, 4) is 11.5 Å². The van der Waals surface area contributed by atoms with Crippen LogP contribution in [0.2, 0.25) is 5.02 Å². The molecule has 0 bridgehead atoms. The Bertz CT molecular complexity index is 1230. The van der Waals surface area contributed by atoms with Crippen LogP contribution in [-0.2, 0) is 9.59 Å². The van der Waals surface area contributed by atoms with Crippen LogP contribution < -0.4 is 9.64 Å². The lowest BCUT2D eigenvalue weighted by Crippen LogP contribution is -2.29. The van der Waals surface area contributed by atoms with Gasteiger partial charge in [-0.15, -0.1) is 0 Å². The highest BCUT2D eigenvalue weighted by Crippen LogP contribution is 2.43. The van der Waals surface area contributed by atoms with Crippen LogP contribution >= 0.6 is 11.6 Å². The summed E-state index contributed by atoms with van der Waals surface area (Å²) in [6.45, 7) is 1.65. The van der Waals surface area contributed by atoms with E-state index in [9.17, 15) is 19.8 Å². The van der Waals surface area contributed by atoms with Crippen LogP contribution in [0.15, 0.2) is 58.6 Å². The molecule has 1 amide bonds. The number of methoxy groups -OCH3 is 1. The first-order valence-electron chi connectivity index (χ1n) is 9.19. The number of aromatic hydroxyl groups is 1. The molecule has 2 heterocycles. The number of benzene rings is 2. The minimum atomic E-state index is -1.04. The number of aromatic nitrogens is 1. The Kier molecular flexibility index (Phi) is 5.16. The lowest BCUT2D eigenvalue weighted by molar-refractivity contribution is -0.132.